The minimum atomic E-state index is 0.767. The van der Waals surface area contributed by atoms with E-state index in [1.54, 1.807) is 0 Å². The summed E-state index contributed by atoms with van der Waals surface area (Å²) in [5.74, 6) is 0. The molecule has 0 amide bonds. The predicted octanol–water partition coefficient (Wildman–Crippen LogP) is 2.53. The number of thiophene rings is 1. The molecule has 2 rings (SSSR count). The fourth-order valence-corrected chi connectivity index (χ4v) is 2.50. The zero-order valence-electron chi connectivity index (χ0n) is 5.67. The molecule has 0 unspecified atom stereocenters. The number of nitrogens with zero attached hydrogens (tertiary/aromatic N) is 1. The highest BCUT2D eigenvalue weighted by Gasteiger charge is 2.21. The topological polar surface area (TPSA) is 32.6 Å². The maximum atomic E-state index is 8.57. The molecular weight excluding hydrogens is 182 g/mol. The molecule has 58 valence electrons. The molecule has 1 aliphatic carbocycles. The molecule has 0 fully saturated rings. The van der Waals surface area contributed by atoms with Crippen molar-refractivity contribution in [2.24, 2.45) is 5.16 Å². The molecule has 1 aliphatic rings. The molecule has 1 N–H and O–H groups in total. The van der Waals surface area contributed by atoms with Crippen LogP contribution in [0.3, 0.4) is 0 Å². The third-order valence-electron chi connectivity index (χ3n) is 1.89. The van der Waals surface area contributed by atoms with E-state index < -0.39 is 0 Å². The van der Waals surface area contributed by atoms with Gasteiger partial charge in [-0.05, 0) is 18.4 Å². The Morgan fingerprint density at radius 1 is 1.55 bits per heavy atom. The van der Waals surface area contributed by atoms with Crippen molar-refractivity contribution in [1.82, 2.24) is 0 Å². The van der Waals surface area contributed by atoms with Gasteiger partial charge >= 0.3 is 0 Å². The van der Waals surface area contributed by atoms with Crippen LogP contribution in [0.4, 0.5) is 0 Å². The molecule has 11 heavy (non-hydrogen) atoms. The number of halogens is 1. The van der Waals surface area contributed by atoms with Crippen LogP contribution in [-0.4, -0.2) is 10.9 Å². The lowest BCUT2D eigenvalue weighted by atomic mass is 10.2. The minimum Gasteiger partial charge on any atom is -0.411 e. The highest BCUT2D eigenvalue weighted by atomic mass is 35.5. The van der Waals surface area contributed by atoms with Crippen LogP contribution in [0.2, 0.25) is 4.34 Å². The van der Waals surface area contributed by atoms with Crippen LogP contribution in [0.5, 0.6) is 0 Å². The van der Waals surface area contributed by atoms with Gasteiger partial charge in [0.1, 0.15) is 0 Å². The van der Waals surface area contributed by atoms with Gasteiger partial charge in [0.05, 0.1) is 10.0 Å². The van der Waals surface area contributed by atoms with Crippen LogP contribution >= 0.6 is 22.9 Å². The summed E-state index contributed by atoms with van der Waals surface area (Å²) in [5.41, 5.74) is 2.94. The first kappa shape index (κ1) is 7.13. The number of hydrogen-bond acceptors (Lipinski definition) is 3. The van der Waals surface area contributed by atoms with Crippen molar-refractivity contribution >= 4 is 28.6 Å². The van der Waals surface area contributed by atoms with E-state index in [9.17, 15) is 0 Å². The molecule has 0 saturated heterocycles. The van der Waals surface area contributed by atoms with Gasteiger partial charge in [0.15, 0.2) is 0 Å². The Labute approximate surface area is 73.1 Å². The van der Waals surface area contributed by atoms with Gasteiger partial charge in [-0.15, -0.1) is 11.3 Å². The average molecular weight is 188 g/mol. The van der Waals surface area contributed by atoms with Crippen LogP contribution in [0, 0.1) is 0 Å². The highest BCUT2D eigenvalue weighted by Crippen LogP contribution is 2.34. The Morgan fingerprint density at radius 2 is 2.36 bits per heavy atom. The van der Waals surface area contributed by atoms with Crippen LogP contribution in [-0.2, 0) is 6.42 Å². The van der Waals surface area contributed by atoms with Crippen molar-refractivity contribution in [2.45, 2.75) is 12.8 Å². The Balaban J connectivity index is 2.56. The third-order valence-corrected chi connectivity index (χ3v) is 3.19. The summed E-state index contributed by atoms with van der Waals surface area (Å²) in [4.78, 5) is 0. The SMILES string of the molecule is O/N=C1\CCc2c1csc2Cl. The summed E-state index contributed by atoms with van der Waals surface area (Å²) in [6.07, 6.45) is 1.73. The molecule has 0 bridgehead atoms. The molecule has 0 radical (unpaired) electrons. The van der Waals surface area contributed by atoms with Crippen LogP contribution < -0.4 is 0 Å². The third kappa shape index (κ3) is 0.957. The van der Waals surface area contributed by atoms with E-state index in [1.807, 2.05) is 5.38 Å². The van der Waals surface area contributed by atoms with Crippen molar-refractivity contribution in [2.75, 3.05) is 0 Å². The van der Waals surface area contributed by atoms with Crippen molar-refractivity contribution in [3.8, 4) is 0 Å². The summed E-state index contributed by atoms with van der Waals surface area (Å²) in [6, 6.07) is 0. The van der Waals surface area contributed by atoms with Gasteiger partial charge in [0.2, 0.25) is 0 Å². The quantitative estimate of drug-likeness (QED) is 0.491. The Kier molecular flexibility index (Phi) is 1.62. The minimum absolute atomic E-state index is 0.767. The van der Waals surface area contributed by atoms with Crippen LogP contribution in [0.1, 0.15) is 17.5 Å². The summed E-state index contributed by atoms with van der Waals surface area (Å²) in [5, 5.41) is 13.7. The molecule has 4 heteroatoms. The molecule has 1 aromatic rings. The molecule has 0 aromatic carbocycles. The van der Waals surface area contributed by atoms with Crippen molar-refractivity contribution < 1.29 is 5.21 Å². The number of fused-ring (bicyclic) bond motifs is 1. The zero-order valence-corrected chi connectivity index (χ0v) is 7.24. The van der Waals surface area contributed by atoms with Crippen LogP contribution in [0.25, 0.3) is 0 Å². The maximum Gasteiger partial charge on any atom is 0.0967 e. The fourth-order valence-electron chi connectivity index (χ4n) is 1.32. The normalized spacial score (nSPS) is 19.2. The summed E-state index contributed by atoms with van der Waals surface area (Å²) < 4.78 is 0.832. The maximum absolute atomic E-state index is 8.57. The highest BCUT2D eigenvalue weighted by molar-refractivity contribution is 7.14. The monoisotopic (exact) mass is 187 g/mol. The number of oxime groups is 1. The first-order chi connectivity index (χ1) is 5.33. The number of hydrogen-bond donors (Lipinski definition) is 1. The van der Waals surface area contributed by atoms with E-state index in [0.29, 0.717) is 0 Å². The second-order valence-electron chi connectivity index (χ2n) is 2.45. The molecule has 0 atom stereocenters. The van der Waals surface area contributed by atoms with Crippen molar-refractivity contribution in [3.05, 3.63) is 20.8 Å². The van der Waals surface area contributed by atoms with E-state index in [-0.39, 0.29) is 0 Å². The lowest BCUT2D eigenvalue weighted by Crippen LogP contribution is -1.90. The molecule has 0 saturated carbocycles. The van der Waals surface area contributed by atoms with Gasteiger partial charge in [-0.25, -0.2) is 0 Å². The zero-order chi connectivity index (χ0) is 7.84. The summed E-state index contributed by atoms with van der Waals surface area (Å²) in [6.45, 7) is 0. The molecule has 0 spiro atoms. The van der Waals surface area contributed by atoms with Crippen molar-refractivity contribution in [1.29, 1.82) is 0 Å². The van der Waals surface area contributed by atoms with Gasteiger partial charge in [0.25, 0.3) is 0 Å². The first-order valence-corrected chi connectivity index (χ1v) is 4.56. The predicted molar refractivity (Wildman–Crippen MR) is 46.0 cm³/mol. The molecule has 1 aromatic heterocycles. The van der Waals surface area contributed by atoms with E-state index in [2.05, 4.69) is 5.16 Å². The Hall–Kier alpha value is -0.540. The fraction of sp³-hybridized carbons (Fsp3) is 0.286. The van der Waals surface area contributed by atoms with E-state index in [0.717, 1.165) is 34.0 Å². The van der Waals surface area contributed by atoms with Gasteiger partial charge in [0, 0.05) is 10.9 Å². The second kappa shape index (κ2) is 2.50. The van der Waals surface area contributed by atoms with E-state index >= 15 is 0 Å². The average Bonchev–Trinajstić information content (AvgIpc) is 2.53. The number of rotatable bonds is 0. The van der Waals surface area contributed by atoms with E-state index in [4.69, 9.17) is 16.8 Å². The van der Waals surface area contributed by atoms with Gasteiger partial charge in [-0.1, -0.05) is 16.8 Å². The summed E-state index contributed by atoms with van der Waals surface area (Å²) >= 11 is 7.39. The Morgan fingerprint density at radius 3 is 3.09 bits per heavy atom. The Bertz CT molecular complexity index is 318. The van der Waals surface area contributed by atoms with Gasteiger partial charge in [-0.3, -0.25) is 0 Å². The molecule has 2 nitrogen and oxygen atoms in total. The van der Waals surface area contributed by atoms with Crippen molar-refractivity contribution in [3.63, 3.8) is 0 Å². The van der Waals surface area contributed by atoms with Gasteiger partial charge in [-0.2, -0.15) is 0 Å². The first-order valence-electron chi connectivity index (χ1n) is 3.30. The second-order valence-corrected chi connectivity index (χ2v) is 3.93. The summed E-state index contributed by atoms with van der Waals surface area (Å²) in [7, 11) is 0. The van der Waals surface area contributed by atoms with Gasteiger partial charge < -0.3 is 5.21 Å². The van der Waals surface area contributed by atoms with E-state index in [1.165, 1.54) is 11.3 Å². The standard InChI is InChI=1S/C7H6ClNOS/c8-7-4-1-2-6(9-10)5(4)3-11-7/h3,10H,1-2H2/b9-6+. The molecular formula is C7H6ClNOS. The lowest BCUT2D eigenvalue weighted by Gasteiger charge is -1.87. The lowest BCUT2D eigenvalue weighted by molar-refractivity contribution is 0.318. The molecule has 0 aliphatic heterocycles. The van der Waals surface area contributed by atoms with Crippen LogP contribution in [0.15, 0.2) is 10.5 Å². The largest absolute Gasteiger partial charge is 0.411 e. The smallest absolute Gasteiger partial charge is 0.0967 e. The molecule has 1 heterocycles.